The van der Waals surface area contributed by atoms with Gasteiger partial charge in [0, 0.05) is 5.56 Å². The normalized spacial score (nSPS) is 12.7. The molecule has 0 spiro atoms. The van der Waals surface area contributed by atoms with Gasteiger partial charge >= 0.3 is 12.3 Å². The molecule has 1 atom stereocenters. The molecule has 0 saturated carbocycles. The van der Waals surface area contributed by atoms with Crippen molar-refractivity contribution in [3.8, 4) is 11.5 Å². The number of benzene rings is 1. The molecule has 0 bridgehead atoms. The zero-order chi connectivity index (χ0) is 15.3. The minimum atomic E-state index is -2.13. The van der Waals surface area contributed by atoms with Gasteiger partial charge in [-0.1, -0.05) is 20.8 Å². The van der Waals surface area contributed by atoms with Gasteiger partial charge in [0.15, 0.2) is 0 Å². The van der Waals surface area contributed by atoms with Gasteiger partial charge in [-0.05, 0) is 30.5 Å². The van der Waals surface area contributed by atoms with Crippen LogP contribution in [-0.4, -0.2) is 26.0 Å². The molecule has 0 radical (unpaired) electrons. The number of alkyl halides is 1. The molecule has 0 amide bonds. The Morgan fingerprint density at radius 1 is 1.35 bits per heavy atom. The van der Waals surface area contributed by atoms with Gasteiger partial charge in [0.05, 0.1) is 13.7 Å². The van der Waals surface area contributed by atoms with Gasteiger partial charge < -0.3 is 14.2 Å². The third-order valence-corrected chi connectivity index (χ3v) is 2.70. The summed E-state index contributed by atoms with van der Waals surface area (Å²) in [5, 5.41) is 0. The van der Waals surface area contributed by atoms with Gasteiger partial charge in [-0.25, -0.2) is 4.79 Å². The average molecular weight is 284 g/mol. The quantitative estimate of drug-likeness (QED) is 0.779. The summed E-state index contributed by atoms with van der Waals surface area (Å²) < 4.78 is 28.5. The second-order valence-corrected chi connectivity index (χ2v) is 5.30. The molecule has 20 heavy (non-hydrogen) atoms. The zero-order valence-electron chi connectivity index (χ0n) is 12.5. The second-order valence-electron chi connectivity index (χ2n) is 5.30. The fourth-order valence-electron chi connectivity index (χ4n) is 1.69. The van der Waals surface area contributed by atoms with Gasteiger partial charge in [-0.2, -0.15) is 4.39 Å². The highest BCUT2D eigenvalue weighted by Gasteiger charge is 2.25. The first-order valence-corrected chi connectivity index (χ1v) is 6.45. The van der Waals surface area contributed by atoms with E-state index < -0.39 is 12.3 Å². The molecular weight excluding hydrogens is 263 g/mol. The van der Waals surface area contributed by atoms with Gasteiger partial charge in [0.25, 0.3) is 0 Å². The van der Waals surface area contributed by atoms with Crippen molar-refractivity contribution < 1.29 is 23.4 Å². The summed E-state index contributed by atoms with van der Waals surface area (Å²) in [6.07, 6.45) is -2.13. The van der Waals surface area contributed by atoms with Crippen LogP contribution in [0.5, 0.6) is 11.5 Å². The molecule has 4 nitrogen and oxygen atoms in total. The summed E-state index contributed by atoms with van der Waals surface area (Å²) in [5.41, 5.74) is 0.474. The Morgan fingerprint density at radius 3 is 2.50 bits per heavy atom. The average Bonchev–Trinajstić information content (AvgIpc) is 2.38. The van der Waals surface area contributed by atoms with E-state index in [-0.39, 0.29) is 12.0 Å². The third-order valence-electron chi connectivity index (χ3n) is 2.70. The molecule has 0 aliphatic carbocycles. The fourth-order valence-corrected chi connectivity index (χ4v) is 1.69. The lowest BCUT2D eigenvalue weighted by Gasteiger charge is -2.24. The molecule has 0 aliphatic rings. The third kappa shape index (κ3) is 4.11. The number of hydrogen-bond acceptors (Lipinski definition) is 4. The summed E-state index contributed by atoms with van der Waals surface area (Å²) in [6.45, 7) is 7.61. The van der Waals surface area contributed by atoms with Gasteiger partial charge in [0.2, 0.25) is 0 Å². The van der Waals surface area contributed by atoms with Crippen molar-refractivity contribution in [1.29, 1.82) is 0 Å². The van der Waals surface area contributed by atoms with Crippen LogP contribution < -0.4 is 9.47 Å². The molecule has 1 rings (SSSR count). The Kier molecular flexibility index (Phi) is 5.36. The highest BCUT2D eigenvalue weighted by Crippen LogP contribution is 2.35. The van der Waals surface area contributed by atoms with E-state index in [2.05, 4.69) is 4.74 Å². The number of methoxy groups -OCH3 is 1. The van der Waals surface area contributed by atoms with Crippen LogP contribution in [0, 0.1) is 0 Å². The lowest BCUT2D eigenvalue weighted by atomic mass is 9.86. The SMILES string of the molecule is CCOC(=O)C(F)Oc1ccc(OC)cc1C(C)(C)C. The number of carbonyl (C=O) groups excluding carboxylic acids is 1. The summed E-state index contributed by atoms with van der Waals surface area (Å²) in [6, 6.07) is 5.01. The minimum absolute atomic E-state index is 0.108. The topological polar surface area (TPSA) is 44.8 Å². The van der Waals surface area contributed by atoms with Crippen LogP contribution >= 0.6 is 0 Å². The maximum Gasteiger partial charge on any atom is 0.381 e. The number of ether oxygens (including phenoxy) is 3. The first kappa shape index (κ1) is 16.3. The molecule has 0 N–H and O–H groups in total. The number of esters is 1. The van der Waals surface area contributed by atoms with Crippen LogP contribution in [0.15, 0.2) is 18.2 Å². The van der Waals surface area contributed by atoms with Crippen molar-refractivity contribution in [3.05, 3.63) is 23.8 Å². The lowest BCUT2D eigenvalue weighted by molar-refractivity contribution is -0.159. The largest absolute Gasteiger partial charge is 0.497 e. The number of halogens is 1. The van der Waals surface area contributed by atoms with Crippen molar-refractivity contribution in [2.75, 3.05) is 13.7 Å². The van der Waals surface area contributed by atoms with E-state index in [0.29, 0.717) is 11.5 Å². The molecule has 1 unspecified atom stereocenters. The molecule has 0 saturated heterocycles. The van der Waals surface area contributed by atoms with E-state index in [9.17, 15) is 9.18 Å². The monoisotopic (exact) mass is 284 g/mol. The molecule has 1 aromatic rings. The van der Waals surface area contributed by atoms with Crippen molar-refractivity contribution in [1.82, 2.24) is 0 Å². The van der Waals surface area contributed by atoms with E-state index in [1.165, 1.54) is 0 Å². The molecule has 0 heterocycles. The van der Waals surface area contributed by atoms with Crippen LogP contribution in [0.25, 0.3) is 0 Å². The van der Waals surface area contributed by atoms with Crippen LogP contribution in [0.1, 0.15) is 33.3 Å². The van der Waals surface area contributed by atoms with Crippen LogP contribution in [0.2, 0.25) is 0 Å². The smallest absolute Gasteiger partial charge is 0.381 e. The van der Waals surface area contributed by atoms with E-state index in [0.717, 1.165) is 5.56 Å². The second kappa shape index (κ2) is 6.59. The molecule has 112 valence electrons. The molecule has 0 fully saturated rings. The summed E-state index contributed by atoms with van der Waals surface area (Å²) >= 11 is 0. The maximum atomic E-state index is 13.7. The van der Waals surface area contributed by atoms with Crippen molar-refractivity contribution in [2.24, 2.45) is 0 Å². The zero-order valence-corrected chi connectivity index (χ0v) is 12.5. The summed E-state index contributed by atoms with van der Waals surface area (Å²) in [7, 11) is 1.55. The van der Waals surface area contributed by atoms with E-state index in [1.807, 2.05) is 20.8 Å². The summed E-state index contributed by atoms with van der Waals surface area (Å²) in [4.78, 5) is 11.3. The van der Waals surface area contributed by atoms with Crippen LogP contribution in [0.4, 0.5) is 4.39 Å². The van der Waals surface area contributed by atoms with E-state index in [1.54, 1.807) is 32.2 Å². The number of carbonyl (C=O) groups is 1. The Balaban J connectivity index is 3.03. The highest BCUT2D eigenvalue weighted by atomic mass is 19.1. The first-order valence-electron chi connectivity index (χ1n) is 6.45. The number of hydrogen-bond donors (Lipinski definition) is 0. The van der Waals surface area contributed by atoms with Crippen molar-refractivity contribution in [2.45, 2.75) is 39.5 Å². The minimum Gasteiger partial charge on any atom is -0.497 e. The Hall–Kier alpha value is -1.78. The highest BCUT2D eigenvalue weighted by molar-refractivity contribution is 5.73. The van der Waals surface area contributed by atoms with Crippen LogP contribution in [0.3, 0.4) is 0 Å². The predicted octanol–water partition coefficient (Wildman–Crippen LogP) is 3.23. The van der Waals surface area contributed by atoms with Gasteiger partial charge in [-0.3, -0.25) is 0 Å². The molecule has 0 aliphatic heterocycles. The standard InChI is InChI=1S/C15H21FO4/c1-6-19-14(17)13(16)20-12-8-7-10(18-5)9-11(12)15(2,3)4/h7-9,13H,6H2,1-5H3. The van der Waals surface area contributed by atoms with Crippen molar-refractivity contribution in [3.63, 3.8) is 0 Å². The van der Waals surface area contributed by atoms with Crippen LogP contribution in [-0.2, 0) is 14.9 Å². The lowest BCUT2D eigenvalue weighted by Crippen LogP contribution is -2.26. The Labute approximate surface area is 118 Å². The Bertz CT molecular complexity index is 465. The van der Waals surface area contributed by atoms with E-state index in [4.69, 9.17) is 9.47 Å². The molecule has 5 heteroatoms. The Morgan fingerprint density at radius 2 is 2.00 bits per heavy atom. The first-order chi connectivity index (χ1) is 9.29. The predicted molar refractivity (Wildman–Crippen MR) is 73.9 cm³/mol. The molecular formula is C15H21FO4. The van der Waals surface area contributed by atoms with Gasteiger partial charge in [0.1, 0.15) is 11.5 Å². The molecule has 0 aromatic heterocycles. The van der Waals surface area contributed by atoms with E-state index >= 15 is 0 Å². The number of rotatable bonds is 5. The summed E-state index contributed by atoms with van der Waals surface area (Å²) in [5.74, 6) is -0.0733. The van der Waals surface area contributed by atoms with Crippen molar-refractivity contribution >= 4 is 5.97 Å². The molecule has 1 aromatic carbocycles. The van der Waals surface area contributed by atoms with Gasteiger partial charge in [-0.15, -0.1) is 0 Å². The maximum absolute atomic E-state index is 13.7. The fraction of sp³-hybridized carbons (Fsp3) is 0.533.